The van der Waals surface area contributed by atoms with Gasteiger partial charge in [0.15, 0.2) is 5.96 Å². The van der Waals surface area contributed by atoms with Gasteiger partial charge in [0.05, 0.1) is 0 Å². The van der Waals surface area contributed by atoms with E-state index in [1.807, 2.05) is 49.3 Å². The summed E-state index contributed by atoms with van der Waals surface area (Å²) in [5, 5.41) is 18.1. The molecular weight excluding hydrogens is 358 g/mol. The predicted octanol–water partition coefficient (Wildman–Crippen LogP) is 2.76. The second-order valence-electron chi connectivity index (χ2n) is 6.43. The van der Waals surface area contributed by atoms with Crippen LogP contribution in [0.15, 0.2) is 53.7 Å². The standard InChI is InChI=1S/C20H25N5OS/c1-21-20(23-12-14-8-9-22-19(10-14)25(2)3)24-13-16(26)18-11-15-6-4-5-7-17(15)27-18/h4-11,16,26H,12-13H2,1-3H3,(H2,21,23,24). The van der Waals surface area contributed by atoms with E-state index in [1.165, 1.54) is 4.70 Å². The number of thiophene rings is 1. The van der Waals surface area contributed by atoms with Crippen molar-refractivity contribution < 1.29 is 5.11 Å². The van der Waals surface area contributed by atoms with E-state index in [-0.39, 0.29) is 0 Å². The monoisotopic (exact) mass is 383 g/mol. The maximum atomic E-state index is 10.5. The van der Waals surface area contributed by atoms with Gasteiger partial charge in [0.25, 0.3) is 0 Å². The number of anilines is 1. The quantitative estimate of drug-likeness (QED) is 0.451. The maximum absolute atomic E-state index is 10.5. The molecule has 0 amide bonds. The van der Waals surface area contributed by atoms with Crippen LogP contribution in [-0.4, -0.2) is 43.7 Å². The van der Waals surface area contributed by atoms with Crippen molar-refractivity contribution in [3.63, 3.8) is 0 Å². The highest BCUT2D eigenvalue weighted by Gasteiger charge is 2.12. The van der Waals surface area contributed by atoms with Crippen LogP contribution in [0.2, 0.25) is 0 Å². The van der Waals surface area contributed by atoms with Crippen molar-refractivity contribution in [2.24, 2.45) is 4.99 Å². The highest BCUT2D eigenvalue weighted by Crippen LogP contribution is 2.29. The van der Waals surface area contributed by atoms with Gasteiger partial charge in [0.1, 0.15) is 11.9 Å². The first-order chi connectivity index (χ1) is 13.1. The molecule has 0 spiro atoms. The fraction of sp³-hybridized carbons (Fsp3) is 0.300. The molecule has 0 aliphatic heterocycles. The van der Waals surface area contributed by atoms with Crippen molar-refractivity contribution in [1.82, 2.24) is 15.6 Å². The van der Waals surface area contributed by atoms with Crippen molar-refractivity contribution in [2.45, 2.75) is 12.6 Å². The number of rotatable bonds is 6. The normalized spacial score (nSPS) is 12.8. The molecule has 0 radical (unpaired) electrons. The molecule has 1 aromatic carbocycles. The van der Waals surface area contributed by atoms with E-state index in [0.717, 1.165) is 21.6 Å². The summed E-state index contributed by atoms with van der Waals surface area (Å²) in [6.45, 7) is 1.02. The van der Waals surface area contributed by atoms with Crippen LogP contribution in [0, 0.1) is 0 Å². The summed E-state index contributed by atoms with van der Waals surface area (Å²) < 4.78 is 1.18. The fourth-order valence-electron chi connectivity index (χ4n) is 2.68. The van der Waals surface area contributed by atoms with Crippen LogP contribution in [0.5, 0.6) is 0 Å². The molecule has 0 saturated heterocycles. The van der Waals surface area contributed by atoms with E-state index in [9.17, 15) is 5.11 Å². The summed E-state index contributed by atoms with van der Waals surface area (Å²) in [6.07, 6.45) is 1.22. The van der Waals surface area contributed by atoms with E-state index in [2.05, 4.69) is 32.7 Å². The molecule has 27 heavy (non-hydrogen) atoms. The zero-order valence-electron chi connectivity index (χ0n) is 15.8. The third-order valence-electron chi connectivity index (χ3n) is 4.19. The largest absolute Gasteiger partial charge is 0.386 e. The van der Waals surface area contributed by atoms with Gasteiger partial charge < -0.3 is 20.6 Å². The van der Waals surface area contributed by atoms with Gasteiger partial charge in [-0.2, -0.15) is 0 Å². The maximum Gasteiger partial charge on any atom is 0.191 e. The number of aliphatic hydroxyl groups excluding tert-OH is 1. The fourth-order valence-corrected chi connectivity index (χ4v) is 3.73. The predicted molar refractivity (Wildman–Crippen MR) is 114 cm³/mol. The van der Waals surface area contributed by atoms with Crippen LogP contribution >= 0.6 is 11.3 Å². The van der Waals surface area contributed by atoms with Crippen LogP contribution < -0.4 is 15.5 Å². The summed E-state index contributed by atoms with van der Waals surface area (Å²) in [6, 6.07) is 14.2. The lowest BCUT2D eigenvalue weighted by atomic mass is 10.2. The number of hydrogen-bond donors (Lipinski definition) is 3. The minimum absolute atomic E-state index is 0.395. The molecule has 2 aromatic heterocycles. The van der Waals surface area contributed by atoms with Gasteiger partial charge in [-0.3, -0.25) is 4.99 Å². The molecule has 7 heteroatoms. The number of nitrogens with zero attached hydrogens (tertiary/aromatic N) is 3. The molecule has 2 heterocycles. The molecule has 6 nitrogen and oxygen atoms in total. The Bertz CT molecular complexity index is 888. The van der Waals surface area contributed by atoms with Crippen molar-refractivity contribution in [2.75, 3.05) is 32.6 Å². The number of guanidine groups is 1. The number of pyridine rings is 1. The number of nitrogens with one attached hydrogen (secondary N) is 2. The molecule has 0 fully saturated rings. The Labute approximate surface area is 163 Å². The van der Waals surface area contributed by atoms with Gasteiger partial charge in [0, 0.05) is 50.0 Å². The van der Waals surface area contributed by atoms with Crippen LogP contribution in [0.4, 0.5) is 5.82 Å². The second kappa shape index (κ2) is 8.83. The van der Waals surface area contributed by atoms with Crippen LogP contribution in [-0.2, 0) is 6.54 Å². The molecule has 0 saturated carbocycles. The first kappa shape index (κ1) is 19.1. The summed E-state index contributed by atoms with van der Waals surface area (Å²) in [4.78, 5) is 11.5. The molecular formula is C20H25N5OS. The Morgan fingerprint density at radius 3 is 2.78 bits per heavy atom. The lowest BCUT2D eigenvalue weighted by molar-refractivity contribution is 0.184. The molecule has 1 atom stereocenters. The summed E-state index contributed by atoms with van der Waals surface area (Å²) in [7, 11) is 5.66. The van der Waals surface area contributed by atoms with Crippen LogP contribution in [0.3, 0.4) is 0 Å². The van der Waals surface area contributed by atoms with Crippen molar-refractivity contribution in [3.8, 4) is 0 Å². The number of hydrogen-bond acceptors (Lipinski definition) is 5. The van der Waals surface area contributed by atoms with E-state index in [0.29, 0.717) is 19.0 Å². The third-order valence-corrected chi connectivity index (χ3v) is 5.40. The summed E-state index contributed by atoms with van der Waals surface area (Å²) in [5.74, 6) is 1.57. The zero-order chi connectivity index (χ0) is 19.2. The Morgan fingerprint density at radius 2 is 2.04 bits per heavy atom. The highest BCUT2D eigenvalue weighted by atomic mass is 32.1. The average Bonchev–Trinajstić information content (AvgIpc) is 3.12. The first-order valence-corrected chi connectivity index (χ1v) is 9.62. The molecule has 3 aromatic rings. The van der Waals surface area contributed by atoms with Crippen LogP contribution in [0.25, 0.3) is 10.1 Å². The molecule has 0 bridgehead atoms. The minimum Gasteiger partial charge on any atom is -0.386 e. The van der Waals surface area contributed by atoms with Crippen LogP contribution in [0.1, 0.15) is 16.5 Å². The third kappa shape index (κ3) is 4.96. The van der Waals surface area contributed by atoms with Gasteiger partial charge in [0.2, 0.25) is 0 Å². The SMILES string of the molecule is CN=C(NCc1ccnc(N(C)C)c1)NCC(O)c1cc2ccccc2s1. The zero-order valence-corrected chi connectivity index (χ0v) is 16.6. The van der Waals surface area contributed by atoms with E-state index in [4.69, 9.17) is 0 Å². The molecule has 1 unspecified atom stereocenters. The molecule has 142 valence electrons. The average molecular weight is 384 g/mol. The van der Waals surface area contributed by atoms with Gasteiger partial charge in [-0.1, -0.05) is 18.2 Å². The number of aliphatic imine (C=N–C) groups is 1. The lowest BCUT2D eigenvalue weighted by Gasteiger charge is -2.16. The highest BCUT2D eigenvalue weighted by molar-refractivity contribution is 7.19. The number of aromatic nitrogens is 1. The molecule has 0 aliphatic rings. The van der Waals surface area contributed by atoms with Crippen molar-refractivity contribution in [3.05, 3.63) is 59.1 Å². The van der Waals surface area contributed by atoms with E-state index < -0.39 is 6.10 Å². The topological polar surface area (TPSA) is 72.8 Å². The smallest absolute Gasteiger partial charge is 0.191 e. The molecule has 3 rings (SSSR count). The Balaban J connectivity index is 1.55. The Hall–Kier alpha value is -2.64. The Kier molecular flexibility index (Phi) is 6.26. The minimum atomic E-state index is -0.581. The van der Waals surface area contributed by atoms with Crippen molar-refractivity contribution >= 4 is 33.2 Å². The molecule has 3 N–H and O–H groups in total. The Morgan fingerprint density at radius 1 is 1.22 bits per heavy atom. The number of benzene rings is 1. The van der Waals surface area contributed by atoms with Gasteiger partial charge >= 0.3 is 0 Å². The van der Waals surface area contributed by atoms with Gasteiger partial charge in [-0.15, -0.1) is 11.3 Å². The number of aliphatic hydroxyl groups is 1. The van der Waals surface area contributed by atoms with Gasteiger partial charge in [-0.25, -0.2) is 4.98 Å². The summed E-state index contributed by atoms with van der Waals surface area (Å²) >= 11 is 1.62. The first-order valence-electron chi connectivity index (χ1n) is 8.80. The van der Waals surface area contributed by atoms with E-state index >= 15 is 0 Å². The number of fused-ring (bicyclic) bond motifs is 1. The van der Waals surface area contributed by atoms with E-state index in [1.54, 1.807) is 24.6 Å². The second-order valence-corrected chi connectivity index (χ2v) is 7.54. The summed E-state index contributed by atoms with van der Waals surface area (Å²) in [5.41, 5.74) is 1.11. The van der Waals surface area contributed by atoms with Crippen molar-refractivity contribution in [1.29, 1.82) is 0 Å². The molecule has 0 aliphatic carbocycles. The van der Waals surface area contributed by atoms with Gasteiger partial charge in [-0.05, 0) is 35.2 Å². The lowest BCUT2D eigenvalue weighted by Crippen LogP contribution is -2.38.